The second-order valence-electron chi connectivity index (χ2n) is 6.12. The summed E-state index contributed by atoms with van der Waals surface area (Å²) in [5.74, 6) is -1.08. The van der Waals surface area contributed by atoms with E-state index in [-0.39, 0.29) is 11.3 Å². The number of carbonyl (C=O) groups excluding carboxylic acids is 3. The number of anilines is 2. The number of imide groups is 2. The molecule has 0 spiro atoms. The number of methoxy groups -OCH3 is 1. The second-order valence-corrected chi connectivity index (χ2v) is 6.12. The number of hydrogen-bond donors (Lipinski definition) is 1. The minimum absolute atomic E-state index is 0.127. The summed E-state index contributed by atoms with van der Waals surface area (Å²) < 4.78 is 5.23. The Hall–Kier alpha value is -3.61. The van der Waals surface area contributed by atoms with Crippen LogP contribution in [0.4, 0.5) is 16.2 Å². The van der Waals surface area contributed by atoms with Gasteiger partial charge in [0.2, 0.25) is 0 Å². The molecule has 0 atom stereocenters. The molecule has 2 aromatic rings. The van der Waals surface area contributed by atoms with Crippen LogP contribution < -0.4 is 19.9 Å². The highest BCUT2D eigenvalue weighted by Gasteiger charge is 2.38. The highest BCUT2D eigenvalue weighted by Crippen LogP contribution is 2.30. The van der Waals surface area contributed by atoms with Crippen molar-refractivity contribution in [2.75, 3.05) is 31.0 Å². The Morgan fingerprint density at radius 2 is 1.67 bits per heavy atom. The van der Waals surface area contributed by atoms with E-state index in [1.807, 2.05) is 31.1 Å². The van der Waals surface area contributed by atoms with Crippen molar-refractivity contribution in [3.05, 3.63) is 59.7 Å². The zero-order valence-electron chi connectivity index (χ0n) is 15.2. The number of amides is 4. The van der Waals surface area contributed by atoms with Crippen molar-refractivity contribution >= 4 is 35.3 Å². The minimum Gasteiger partial charge on any atom is -0.495 e. The average molecular weight is 365 g/mol. The molecule has 27 heavy (non-hydrogen) atoms. The largest absolute Gasteiger partial charge is 0.495 e. The van der Waals surface area contributed by atoms with Crippen molar-refractivity contribution in [1.29, 1.82) is 0 Å². The number of nitrogens with zero attached hydrogens (tertiary/aromatic N) is 2. The van der Waals surface area contributed by atoms with Crippen LogP contribution >= 0.6 is 0 Å². The lowest BCUT2D eigenvalue weighted by molar-refractivity contribution is -0.122. The number of ether oxygens (including phenoxy) is 1. The Kier molecular flexibility index (Phi) is 4.94. The first kappa shape index (κ1) is 18.2. The fraction of sp³-hybridized carbons (Fsp3) is 0.150. The number of urea groups is 1. The molecule has 138 valence electrons. The molecule has 1 heterocycles. The molecule has 1 fully saturated rings. The molecule has 7 nitrogen and oxygen atoms in total. The van der Waals surface area contributed by atoms with Crippen LogP contribution in [0.3, 0.4) is 0 Å². The van der Waals surface area contributed by atoms with E-state index in [0.717, 1.165) is 10.6 Å². The Labute approximate surface area is 156 Å². The molecular formula is C20H19N3O4. The summed E-state index contributed by atoms with van der Waals surface area (Å²) in [7, 11) is 5.28. The van der Waals surface area contributed by atoms with Gasteiger partial charge in [-0.2, -0.15) is 0 Å². The smallest absolute Gasteiger partial charge is 0.336 e. The second kappa shape index (κ2) is 7.33. The predicted molar refractivity (Wildman–Crippen MR) is 103 cm³/mol. The topological polar surface area (TPSA) is 79.0 Å². The first-order chi connectivity index (χ1) is 12.9. The average Bonchev–Trinajstić information content (AvgIpc) is 2.65. The zero-order valence-corrected chi connectivity index (χ0v) is 15.2. The molecule has 0 aromatic heterocycles. The molecule has 0 bridgehead atoms. The summed E-state index contributed by atoms with van der Waals surface area (Å²) in [5, 5.41) is 2.20. The van der Waals surface area contributed by atoms with Crippen LogP contribution in [0.5, 0.6) is 5.75 Å². The van der Waals surface area contributed by atoms with Gasteiger partial charge in [-0.15, -0.1) is 0 Å². The highest BCUT2D eigenvalue weighted by atomic mass is 16.5. The van der Waals surface area contributed by atoms with Crippen molar-refractivity contribution in [3.63, 3.8) is 0 Å². The van der Waals surface area contributed by atoms with Crippen molar-refractivity contribution in [1.82, 2.24) is 5.32 Å². The van der Waals surface area contributed by atoms with Crippen LogP contribution in [0.25, 0.3) is 6.08 Å². The van der Waals surface area contributed by atoms with Crippen LogP contribution in [0, 0.1) is 0 Å². The van der Waals surface area contributed by atoms with Crippen LogP contribution in [0.15, 0.2) is 54.1 Å². The van der Waals surface area contributed by atoms with Crippen molar-refractivity contribution in [2.24, 2.45) is 0 Å². The van der Waals surface area contributed by atoms with E-state index >= 15 is 0 Å². The summed E-state index contributed by atoms with van der Waals surface area (Å²) in [5.41, 5.74) is 1.80. The molecule has 0 saturated carbocycles. The van der Waals surface area contributed by atoms with Crippen molar-refractivity contribution < 1.29 is 19.1 Å². The van der Waals surface area contributed by atoms with E-state index < -0.39 is 17.8 Å². The minimum atomic E-state index is -0.811. The first-order valence-corrected chi connectivity index (χ1v) is 8.24. The predicted octanol–water partition coefficient (Wildman–Crippen LogP) is 2.43. The fourth-order valence-electron chi connectivity index (χ4n) is 2.73. The number of carbonyl (C=O) groups is 3. The van der Waals surface area contributed by atoms with Gasteiger partial charge in [0.25, 0.3) is 11.8 Å². The van der Waals surface area contributed by atoms with Crippen LogP contribution in [0.1, 0.15) is 5.56 Å². The summed E-state index contributed by atoms with van der Waals surface area (Å²) in [6.07, 6.45) is 1.46. The molecule has 0 unspecified atom stereocenters. The van der Waals surface area contributed by atoms with Gasteiger partial charge in [0.15, 0.2) is 0 Å². The molecule has 1 saturated heterocycles. The highest BCUT2D eigenvalue weighted by molar-refractivity contribution is 6.39. The number of benzene rings is 2. The van der Waals surface area contributed by atoms with Crippen molar-refractivity contribution in [3.8, 4) is 5.75 Å². The lowest BCUT2D eigenvalue weighted by atomic mass is 10.1. The maximum absolute atomic E-state index is 12.9. The number of barbiturate groups is 1. The SMILES string of the molecule is COc1ccccc1N1C(=O)NC(=O)C(=Cc2ccc(N(C)C)cc2)C1=O. The van der Waals surface area contributed by atoms with E-state index in [1.54, 1.807) is 36.4 Å². The van der Waals surface area contributed by atoms with Gasteiger partial charge in [0.1, 0.15) is 11.3 Å². The van der Waals surface area contributed by atoms with Crippen molar-refractivity contribution in [2.45, 2.75) is 0 Å². The van der Waals surface area contributed by atoms with Gasteiger partial charge in [0.05, 0.1) is 12.8 Å². The molecule has 4 amide bonds. The fourth-order valence-corrected chi connectivity index (χ4v) is 2.73. The lowest BCUT2D eigenvalue weighted by Gasteiger charge is -2.27. The quantitative estimate of drug-likeness (QED) is 0.665. The van der Waals surface area contributed by atoms with E-state index in [9.17, 15) is 14.4 Å². The number of para-hydroxylation sites is 2. The Morgan fingerprint density at radius 1 is 1.00 bits per heavy atom. The van der Waals surface area contributed by atoms with E-state index in [1.165, 1.54) is 13.2 Å². The van der Waals surface area contributed by atoms with Gasteiger partial charge in [-0.25, -0.2) is 9.69 Å². The van der Waals surface area contributed by atoms with Gasteiger partial charge in [0, 0.05) is 19.8 Å². The van der Waals surface area contributed by atoms with Crippen LogP contribution in [-0.2, 0) is 9.59 Å². The van der Waals surface area contributed by atoms with Gasteiger partial charge in [-0.05, 0) is 35.9 Å². The number of rotatable bonds is 4. The third-order valence-electron chi connectivity index (χ3n) is 4.15. The summed E-state index contributed by atoms with van der Waals surface area (Å²) in [6.45, 7) is 0. The Morgan fingerprint density at radius 3 is 2.30 bits per heavy atom. The molecule has 1 N–H and O–H groups in total. The molecular weight excluding hydrogens is 346 g/mol. The normalized spacial score (nSPS) is 15.7. The Bertz CT molecular complexity index is 932. The molecule has 0 aliphatic carbocycles. The maximum Gasteiger partial charge on any atom is 0.336 e. The van der Waals surface area contributed by atoms with Crippen LogP contribution in [0.2, 0.25) is 0 Å². The number of hydrogen-bond acceptors (Lipinski definition) is 5. The molecule has 0 radical (unpaired) electrons. The van der Waals surface area contributed by atoms with Crippen LogP contribution in [-0.4, -0.2) is 39.1 Å². The molecule has 7 heteroatoms. The molecule has 1 aliphatic heterocycles. The monoisotopic (exact) mass is 365 g/mol. The third-order valence-corrected chi connectivity index (χ3v) is 4.15. The molecule has 2 aromatic carbocycles. The standard InChI is InChI=1S/C20H19N3O4/c1-22(2)14-10-8-13(9-11-14)12-15-18(24)21-20(26)23(19(15)25)16-6-4-5-7-17(16)27-3/h4-12H,1-3H3,(H,21,24,26). The molecule has 1 aliphatic rings. The summed E-state index contributed by atoms with van der Waals surface area (Å²) >= 11 is 0. The third kappa shape index (κ3) is 3.52. The molecule has 3 rings (SSSR count). The summed E-state index contributed by atoms with van der Waals surface area (Å²) in [6, 6.07) is 13.2. The lowest BCUT2D eigenvalue weighted by Crippen LogP contribution is -2.54. The maximum atomic E-state index is 12.9. The van der Waals surface area contributed by atoms with E-state index in [0.29, 0.717) is 11.3 Å². The Balaban J connectivity index is 1.99. The van der Waals surface area contributed by atoms with Gasteiger partial charge < -0.3 is 9.64 Å². The number of nitrogens with one attached hydrogen (secondary N) is 1. The first-order valence-electron chi connectivity index (χ1n) is 8.24. The van der Waals surface area contributed by atoms with E-state index in [4.69, 9.17) is 4.74 Å². The van der Waals surface area contributed by atoms with Gasteiger partial charge in [-0.1, -0.05) is 24.3 Å². The van der Waals surface area contributed by atoms with E-state index in [2.05, 4.69) is 5.32 Å². The zero-order chi connectivity index (χ0) is 19.6. The van der Waals surface area contributed by atoms with Gasteiger partial charge >= 0.3 is 6.03 Å². The summed E-state index contributed by atoms with van der Waals surface area (Å²) in [4.78, 5) is 40.3. The van der Waals surface area contributed by atoms with Gasteiger partial charge in [-0.3, -0.25) is 14.9 Å².